The molecular formula is C14H19N3O. The van der Waals surface area contributed by atoms with Crippen LogP contribution in [0.25, 0.3) is 0 Å². The van der Waals surface area contributed by atoms with E-state index < -0.39 is 0 Å². The number of nitrogens with zero attached hydrogens (tertiary/aromatic N) is 2. The second kappa shape index (κ2) is 5.69. The normalized spacial score (nSPS) is 12.7. The van der Waals surface area contributed by atoms with Gasteiger partial charge in [-0.15, -0.1) is 0 Å². The molecule has 4 nitrogen and oxygen atoms in total. The molecule has 4 heteroatoms. The molecule has 1 N–H and O–H groups in total. The molecule has 1 unspecified atom stereocenters. The monoisotopic (exact) mass is 245 g/mol. The zero-order valence-corrected chi connectivity index (χ0v) is 11.1. The van der Waals surface area contributed by atoms with E-state index in [4.69, 9.17) is 4.74 Å². The molecule has 0 aliphatic carbocycles. The van der Waals surface area contributed by atoms with Crippen molar-refractivity contribution in [1.82, 2.24) is 14.9 Å². The van der Waals surface area contributed by atoms with Crippen LogP contribution in [0.15, 0.2) is 36.7 Å². The van der Waals surface area contributed by atoms with Crippen molar-refractivity contribution in [3.63, 3.8) is 0 Å². The number of rotatable bonds is 5. The Morgan fingerprint density at radius 2 is 2.06 bits per heavy atom. The van der Waals surface area contributed by atoms with Gasteiger partial charge in [-0.3, -0.25) is 4.90 Å². The first-order valence-corrected chi connectivity index (χ1v) is 6.03. The molecule has 96 valence electrons. The summed E-state index contributed by atoms with van der Waals surface area (Å²) in [6.07, 6.45) is 3.63. The predicted molar refractivity (Wildman–Crippen MR) is 71.5 cm³/mol. The van der Waals surface area contributed by atoms with E-state index in [-0.39, 0.29) is 0 Å². The van der Waals surface area contributed by atoms with Gasteiger partial charge >= 0.3 is 0 Å². The number of benzene rings is 1. The molecule has 0 saturated carbocycles. The first-order chi connectivity index (χ1) is 8.70. The van der Waals surface area contributed by atoms with E-state index in [0.29, 0.717) is 6.04 Å². The van der Waals surface area contributed by atoms with Crippen molar-refractivity contribution in [1.29, 1.82) is 0 Å². The van der Waals surface area contributed by atoms with Crippen LogP contribution in [0.3, 0.4) is 0 Å². The fourth-order valence-electron chi connectivity index (χ4n) is 1.89. The number of aromatic nitrogens is 2. The lowest BCUT2D eigenvalue weighted by atomic mass is 10.1. The molecule has 0 aliphatic heterocycles. The number of imidazole rings is 1. The van der Waals surface area contributed by atoms with Gasteiger partial charge in [0.2, 0.25) is 0 Å². The molecule has 18 heavy (non-hydrogen) atoms. The third-order valence-electron chi connectivity index (χ3n) is 3.21. The van der Waals surface area contributed by atoms with Crippen molar-refractivity contribution < 1.29 is 4.74 Å². The third kappa shape index (κ3) is 2.90. The van der Waals surface area contributed by atoms with Gasteiger partial charge in [-0.2, -0.15) is 0 Å². The van der Waals surface area contributed by atoms with E-state index >= 15 is 0 Å². The van der Waals surface area contributed by atoms with Crippen LogP contribution >= 0.6 is 0 Å². The molecule has 0 spiro atoms. The number of H-pyrrole nitrogens is 1. The van der Waals surface area contributed by atoms with Gasteiger partial charge in [0, 0.05) is 18.4 Å². The minimum absolute atomic E-state index is 0.334. The van der Waals surface area contributed by atoms with Crippen molar-refractivity contribution in [2.75, 3.05) is 14.2 Å². The smallest absolute Gasteiger partial charge is 0.120 e. The van der Waals surface area contributed by atoms with Gasteiger partial charge < -0.3 is 9.72 Å². The molecule has 0 fully saturated rings. The van der Waals surface area contributed by atoms with Crippen molar-refractivity contribution in [3.05, 3.63) is 48.0 Å². The highest BCUT2D eigenvalue weighted by atomic mass is 16.5. The summed E-state index contributed by atoms with van der Waals surface area (Å²) in [5.74, 6) is 1.87. The van der Waals surface area contributed by atoms with Gasteiger partial charge in [0.05, 0.1) is 13.7 Å². The van der Waals surface area contributed by atoms with E-state index in [1.54, 1.807) is 13.3 Å². The third-order valence-corrected chi connectivity index (χ3v) is 3.21. The van der Waals surface area contributed by atoms with Crippen LogP contribution in [0.2, 0.25) is 0 Å². The summed E-state index contributed by atoms with van der Waals surface area (Å²) < 4.78 is 5.17. The first kappa shape index (κ1) is 12.6. The molecule has 0 radical (unpaired) electrons. The lowest BCUT2D eigenvalue weighted by molar-refractivity contribution is 0.247. The van der Waals surface area contributed by atoms with Crippen LogP contribution in [0.1, 0.15) is 24.4 Å². The van der Waals surface area contributed by atoms with E-state index in [1.807, 2.05) is 18.3 Å². The summed E-state index contributed by atoms with van der Waals surface area (Å²) in [5, 5.41) is 0. The molecular weight excluding hydrogens is 226 g/mol. The van der Waals surface area contributed by atoms with Crippen molar-refractivity contribution in [2.24, 2.45) is 0 Å². The summed E-state index contributed by atoms with van der Waals surface area (Å²) in [6.45, 7) is 2.99. The van der Waals surface area contributed by atoms with Gasteiger partial charge in [-0.05, 0) is 31.7 Å². The fraction of sp³-hybridized carbons (Fsp3) is 0.357. The zero-order valence-electron chi connectivity index (χ0n) is 11.1. The van der Waals surface area contributed by atoms with Gasteiger partial charge in [0.25, 0.3) is 0 Å². The topological polar surface area (TPSA) is 41.1 Å². The maximum atomic E-state index is 5.17. The molecule has 0 aliphatic rings. The molecule has 0 amide bonds. The Morgan fingerprint density at radius 3 is 2.61 bits per heavy atom. The Bertz CT molecular complexity index is 464. The minimum atomic E-state index is 0.334. The number of ether oxygens (including phenoxy) is 1. The number of nitrogens with one attached hydrogen (secondary N) is 1. The molecule has 1 heterocycles. The highest BCUT2D eigenvalue weighted by Gasteiger charge is 2.12. The molecule has 2 aromatic rings. The summed E-state index contributed by atoms with van der Waals surface area (Å²) in [7, 11) is 3.78. The highest BCUT2D eigenvalue weighted by Crippen LogP contribution is 2.22. The van der Waals surface area contributed by atoms with Gasteiger partial charge in [-0.1, -0.05) is 12.1 Å². The summed E-state index contributed by atoms with van der Waals surface area (Å²) in [6, 6.07) is 8.52. The minimum Gasteiger partial charge on any atom is -0.497 e. The SMILES string of the molecule is COc1ccc(C(C)N(C)Cc2ncc[nH]2)cc1. The summed E-state index contributed by atoms with van der Waals surface area (Å²) in [4.78, 5) is 9.61. The molecule has 1 aromatic heterocycles. The standard InChI is InChI=1S/C14H19N3O/c1-11(12-4-6-13(18-3)7-5-12)17(2)10-14-15-8-9-16-14/h4-9,11H,10H2,1-3H3,(H,15,16). The average molecular weight is 245 g/mol. The second-order valence-corrected chi connectivity index (χ2v) is 4.40. The van der Waals surface area contributed by atoms with E-state index in [9.17, 15) is 0 Å². The van der Waals surface area contributed by atoms with Crippen LogP contribution in [-0.2, 0) is 6.54 Å². The van der Waals surface area contributed by atoms with Crippen LogP contribution in [0.4, 0.5) is 0 Å². The summed E-state index contributed by atoms with van der Waals surface area (Å²) in [5.41, 5.74) is 1.27. The van der Waals surface area contributed by atoms with Crippen LogP contribution in [0, 0.1) is 0 Å². The molecule has 1 aromatic carbocycles. The Hall–Kier alpha value is -1.81. The number of methoxy groups -OCH3 is 1. The molecule has 2 rings (SSSR count). The second-order valence-electron chi connectivity index (χ2n) is 4.40. The Kier molecular flexibility index (Phi) is 3.99. The zero-order chi connectivity index (χ0) is 13.0. The Labute approximate surface area is 108 Å². The highest BCUT2D eigenvalue weighted by molar-refractivity contribution is 5.28. The van der Waals surface area contributed by atoms with Crippen molar-refractivity contribution >= 4 is 0 Å². The number of hydrogen-bond donors (Lipinski definition) is 1. The Balaban J connectivity index is 2.02. The van der Waals surface area contributed by atoms with Crippen molar-refractivity contribution in [2.45, 2.75) is 19.5 Å². The van der Waals surface area contributed by atoms with Gasteiger partial charge in [0.1, 0.15) is 11.6 Å². The van der Waals surface area contributed by atoms with Crippen molar-refractivity contribution in [3.8, 4) is 5.75 Å². The summed E-state index contributed by atoms with van der Waals surface area (Å²) >= 11 is 0. The lowest BCUT2D eigenvalue weighted by Gasteiger charge is -2.24. The lowest BCUT2D eigenvalue weighted by Crippen LogP contribution is -2.22. The maximum absolute atomic E-state index is 5.17. The number of hydrogen-bond acceptors (Lipinski definition) is 3. The van der Waals surface area contributed by atoms with E-state index in [0.717, 1.165) is 18.1 Å². The van der Waals surface area contributed by atoms with Gasteiger partial charge in [0.15, 0.2) is 0 Å². The quantitative estimate of drug-likeness (QED) is 0.880. The van der Waals surface area contributed by atoms with E-state index in [2.05, 4.69) is 41.0 Å². The van der Waals surface area contributed by atoms with Gasteiger partial charge in [-0.25, -0.2) is 4.98 Å². The largest absolute Gasteiger partial charge is 0.497 e. The van der Waals surface area contributed by atoms with Crippen LogP contribution < -0.4 is 4.74 Å². The maximum Gasteiger partial charge on any atom is 0.120 e. The first-order valence-electron chi connectivity index (χ1n) is 6.03. The van der Waals surface area contributed by atoms with Crippen LogP contribution in [0.5, 0.6) is 5.75 Å². The molecule has 0 saturated heterocycles. The Morgan fingerprint density at radius 1 is 1.33 bits per heavy atom. The average Bonchev–Trinajstić information content (AvgIpc) is 2.91. The van der Waals surface area contributed by atoms with Crippen LogP contribution in [-0.4, -0.2) is 29.0 Å². The molecule has 0 bridgehead atoms. The van der Waals surface area contributed by atoms with E-state index in [1.165, 1.54) is 5.56 Å². The fourth-order valence-corrected chi connectivity index (χ4v) is 1.89. The predicted octanol–water partition coefficient (Wildman–Crippen LogP) is 2.61. The molecule has 1 atom stereocenters. The number of aromatic amines is 1.